The number of halogens is 1. The quantitative estimate of drug-likeness (QED) is 0.732. The Morgan fingerprint density at radius 3 is 2.20 bits per heavy atom. The van der Waals surface area contributed by atoms with Crippen molar-refractivity contribution >= 4 is 21.6 Å². The Hall–Kier alpha value is -1.96. The fourth-order valence-corrected chi connectivity index (χ4v) is 3.79. The number of nitrogens with zero attached hydrogens (tertiary/aromatic N) is 1. The van der Waals surface area contributed by atoms with E-state index >= 15 is 0 Å². The van der Waals surface area contributed by atoms with Crippen LogP contribution in [-0.2, 0) is 16.6 Å². The van der Waals surface area contributed by atoms with Crippen LogP contribution in [0.2, 0.25) is 5.02 Å². The molecule has 0 aliphatic carbocycles. The molecule has 0 heterocycles. The zero-order chi connectivity index (χ0) is 18.6. The number of ether oxygens (including phenoxy) is 3. The van der Waals surface area contributed by atoms with Gasteiger partial charge >= 0.3 is 0 Å². The van der Waals surface area contributed by atoms with Gasteiger partial charge in [-0.3, -0.25) is 0 Å². The molecule has 0 aliphatic rings. The number of sulfonamides is 1. The molecule has 0 atom stereocenters. The summed E-state index contributed by atoms with van der Waals surface area (Å²) in [4.78, 5) is 0.0910. The van der Waals surface area contributed by atoms with Gasteiger partial charge in [0, 0.05) is 25.2 Å². The van der Waals surface area contributed by atoms with E-state index in [0.29, 0.717) is 22.8 Å². The summed E-state index contributed by atoms with van der Waals surface area (Å²) in [6.07, 6.45) is 0. The predicted octanol–water partition coefficient (Wildman–Crippen LogP) is 3.19. The van der Waals surface area contributed by atoms with E-state index in [-0.39, 0.29) is 16.5 Å². The largest absolute Gasteiger partial charge is 0.497 e. The van der Waals surface area contributed by atoms with E-state index in [1.807, 2.05) is 0 Å². The molecule has 0 radical (unpaired) electrons. The molecule has 0 bridgehead atoms. The topological polar surface area (TPSA) is 65.1 Å². The van der Waals surface area contributed by atoms with Crippen molar-refractivity contribution in [3.63, 3.8) is 0 Å². The molecule has 0 amide bonds. The average molecular weight is 386 g/mol. The van der Waals surface area contributed by atoms with Gasteiger partial charge in [-0.2, -0.15) is 4.31 Å². The van der Waals surface area contributed by atoms with Crippen molar-refractivity contribution in [3.05, 3.63) is 47.0 Å². The van der Waals surface area contributed by atoms with Crippen LogP contribution in [0.25, 0.3) is 0 Å². The van der Waals surface area contributed by atoms with Crippen molar-refractivity contribution < 1.29 is 22.6 Å². The van der Waals surface area contributed by atoms with Crippen LogP contribution in [0.3, 0.4) is 0 Å². The normalized spacial score (nSPS) is 11.4. The lowest BCUT2D eigenvalue weighted by molar-refractivity contribution is 0.384. The first kappa shape index (κ1) is 19.4. The lowest BCUT2D eigenvalue weighted by Gasteiger charge is -2.19. The maximum atomic E-state index is 12.8. The van der Waals surface area contributed by atoms with Gasteiger partial charge in [0.25, 0.3) is 0 Å². The Morgan fingerprint density at radius 1 is 0.960 bits per heavy atom. The van der Waals surface area contributed by atoms with Gasteiger partial charge in [0.05, 0.1) is 31.2 Å². The highest BCUT2D eigenvalue weighted by molar-refractivity contribution is 7.89. The number of hydrogen-bond acceptors (Lipinski definition) is 5. The van der Waals surface area contributed by atoms with Gasteiger partial charge in [-0.05, 0) is 24.3 Å². The summed E-state index contributed by atoms with van der Waals surface area (Å²) in [5.41, 5.74) is 0.717. The first-order chi connectivity index (χ1) is 11.8. The fraction of sp³-hybridized carbons (Fsp3) is 0.294. The van der Waals surface area contributed by atoms with Crippen LogP contribution < -0.4 is 14.2 Å². The van der Waals surface area contributed by atoms with E-state index in [0.717, 1.165) is 0 Å². The molecule has 2 aromatic rings. The van der Waals surface area contributed by atoms with Crippen molar-refractivity contribution in [3.8, 4) is 17.2 Å². The van der Waals surface area contributed by atoms with Crippen molar-refractivity contribution in [1.29, 1.82) is 0 Å². The molecule has 25 heavy (non-hydrogen) atoms. The van der Waals surface area contributed by atoms with E-state index in [1.165, 1.54) is 43.8 Å². The lowest BCUT2D eigenvalue weighted by Crippen LogP contribution is -2.26. The molecule has 0 fully saturated rings. The third kappa shape index (κ3) is 4.18. The maximum absolute atomic E-state index is 12.8. The molecule has 0 saturated heterocycles. The van der Waals surface area contributed by atoms with Crippen LogP contribution in [-0.4, -0.2) is 41.1 Å². The van der Waals surface area contributed by atoms with Gasteiger partial charge in [-0.25, -0.2) is 8.42 Å². The molecule has 0 unspecified atom stereocenters. The number of hydrogen-bond donors (Lipinski definition) is 0. The van der Waals surface area contributed by atoms with Gasteiger partial charge in [-0.15, -0.1) is 0 Å². The van der Waals surface area contributed by atoms with Gasteiger partial charge in [0.1, 0.15) is 17.2 Å². The number of rotatable bonds is 7. The van der Waals surface area contributed by atoms with Crippen molar-refractivity contribution in [1.82, 2.24) is 4.31 Å². The van der Waals surface area contributed by atoms with Crippen LogP contribution in [0.1, 0.15) is 5.56 Å². The maximum Gasteiger partial charge on any atom is 0.243 e. The van der Waals surface area contributed by atoms with Crippen LogP contribution in [0.15, 0.2) is 41.3 Å². The highest BCUT2D eigenvalue weighted by Gasteiger charge is 2.23. The molecular formula is C17H20ClNO5S. The standard InChI is InChI=1S/C17H20ClNO5S/c1-19(11-12-5-6-13(22-2)9-17(12)24-4)25(20,21)14-7-8-16(23-3)15(18)10-14/h5-10H,11H2,1-4H3. The molecule has 2 rings (SSSR count). The van der Waals surface area contributed by atoms with Gasteiger partial charge in [0.15, 0.2) is 0 Å². The van der Waals surface area contributed by atoms with Gasteiger partial charge in [0.2, 0.25) is 10.0 Å². The van der Waals surface area contributed by atoms with Crippen molar-refractivity contribution in [2.45, 2.75) is 11.4 Å². The van der Waals surface area contributed by atoms with Gasteiger partial charge in [-0.1, -0.05) is 17.7 Å². The zero-order valence-electron chi connectivity index (χ0n) is 14.4. The molecule has 0 saturated carbocycles. The number of methoxy groups -OCH3 is 3. The highest BCUT2D eigenvalue weighted by Crippen LogP contribution is 2.30. The van der Waals surface area contributed by atoms with E-state index < -0.39 is 10.0 Å². The van der Waals surface area contributed by atoms with Crippen molar-refractivity contribution in [2.75, 3.05) is 28.4 Å². The number of benzene rings is 2. The minimum atomic E-state index is -3.72. The minimum Gasteiger partial charge on any atom is -0.497 e. The summed E-state index contributed by atoms with van der Waals surface area (Å²) in [6, 6.07) is 9.59. The Kier molecular flexibility index (Phi) is 6.16. The van der Waals surface area contributed by atoms with Crippen molar-refractivity contribution in [2.24, 2.45) is 0 Å². The lowest BCUT2D eigenvalue weighted by atomic mass is 10.2. The summed E-state index contributed by atoms with van der Waals surface area (Å²) in [5.74, 6) is 1.60. The molecule has 8 heteroatoms. The molecule has 0 aliphatic heterocycles. The molecular weight excluding hydrogens is 366 g/mol. The second-order valence-electron chi connectivity index (χ2n) is 5.24. The third-order valence-electron chi connectivity index (χ3n) is 3.72. The summed E-state index contributed by atoms with van der Waals surface area (Å²) >= 11 is 6.04. The summed E-state index contributed by atoms with van der Waals surface area (Å²) in [7, 11) is 2.33. The predicted molar refractivity (Wildman–Crippen MR) is 96.2 cm³/mol. The van der Waals surface area contributed by atoms with Crippen LogP contribution in [0, 0.1) is 0 Å². The first-order valence-corrected chi connectivity index (χ1v) is 9.16. The van der Waals surface area contributed by atoms with E-state index in [4.69, 9.17) is 25.8 Å². The van der Waals surface area contributed by atoms with Crippen LogP contribution in [0.5, 0.6) is 17.2 Å². The van der Waals surface area contributed by atoms with E-state index in [9.17, 15) is 8.42 Å². The Balaban J connectivity index is 2.30. The molecule has 2 aromatic carbocycles. The third-order valence-corrected chi connectivity index (χ3v) is 5.81. The monoisotopic (exact) mass is 385 g/mol. The van der Waals surface area contributed by atoms with Gasteiger partial charge < -0.3 is 14.2 Å². The SMILES string of the molecule is COc1ccc(CN(C)S(=O)(=O)c2ccc(OC)c(Cl)c2)c(OC)c1. The first-order valence-electron chi connectivity index (χ1n) is 7.34. The Bertz CT molecular complexity index is 854. The summed E-state index contributed by atoms with van der Waals surface area (Å²) in [6.45, 7) is 0.138. The van der Waals surface area contributed by atoms with E-state index in [1.54, 1.807) is 25.3 Å². The molecule has 6 nitrogen and oxygen atoms in total. The smallest absolute Gasteiger partial charge is 0.243 e. The molecule has 0 aromatic heterocycles. The summed E-state index contributed by atoms with van der Waals surface area (Å²) < 4.78 is 42.3. The Labute approximate surface area is 152 Å². The molecule has 136 valence electrons. The second-order valence-corrected chi connectivity index (χ2v) is 7.69. The van der Waals surface area contributed by atoms with Crippen LogP contribution in [0.4, 0.5) is 0 Å². The van der Waals surface area contributed by atoms with E-state index in [2.05, 4.69) is 0 Å². The molecule has 0 N–H and O–H groups in total. The highest BCUT2D eigenvalue weighted by atomic mass is 35.5. The zero-order valence-corrected chi connectivity index (χ0v) is 16.0. The minimum absolute atomic E-state index is 0.0910. The fourth-order valence-electron chi connectivity index (χ4n) is 2.29. The average Bonchev–Trinajstić information content (AvgIpc) is 2.61. The molecule has 0 spiro atoms. The Morgan fingerprint density at radius 2 is 1.64 bits per heavy atom. The summed E-state index contributed by atoms with van der Waals surface area (Å²) in [5, 5.41) is 0.235. The van der Waals surface area contributed by atoms with Crippen LogP contribution >= 0.6 is 11.6 Å². The second kappa shape index (κ2) is 7.95.